The van der Waals surface area contributed by atoms with E-state index in [0.29, 0.717) is 12.0 Å². The van der Waals surface area contributed by atoms with E-state index in [9.17, 15) is 0 Å². The fourth-order valence-electron chi connectivity index (χ4n) is 1.52. The average molecular weight is 258 g/mol. The topological polar surface area (TPSA) is 24.9 Å². The molecule has 0 bridgehead atoms. The van der Waals surface area contributed by atoms with Crippen LogP contribution in [0.15, 0.2) is 5.38 Å². The number of nitrogens with one attached hydrogen (secondary N) is 1. The Labute approximate surface area is 107 Å². The zero-order valence-electron chi connectivity index (χ0n) is 10.6. The van der Waals surface area contributed by atoms with E-state index in [0.717, 1.165) is 6.54 Å². The third-order valence-electron chi connectivity index (χ3n) is 2.49. The molecule has 16 heavy (non-hydrogen) atoms. The molecular weight excluding hydrogens is 236 g/mol. The minimum Gasteiger partial charge on any atom is -0.308 e. The first-order chi connectivity index (χ1) is 7.69. The normalized spacial score (nSPS) is 13.3. The first kappa shape index (κ1) is 14.0. The van der Waals surface area contributed by atoms with Crippen LogP contribution in [-0.2, 0) is 0 Å². The summed E-state index contributed by atoms with van der Waals surface area (Å²) in [5.74, 6) is 1.72. The molecule has 0 spiro atoms. The van der Waals surface area contributed by atoms with Crippen molar-refractivity contribution in [2.75, 3.05) is 18.6 Å². The molecule has 0 fully saturated rings. The first-order valence-corrected chi connectivity index (χ1v) is 8.14. The summed E-state index contributed by atoms with van der Waals surface area (Å²) in [6.07, 6.45) is 3.32. The molecule has 0 radical (unpaired) electrons. The van der Waals surface area contributed by atoms with Crippen LogP contribution in [0.3, 0.4) is 0 Å². The Bertz CT molecular complexity index is 297. The number of nitrogens with zero attached hydrogens (tertiary/aromatic N) is 1. The molecule has 0 saturated carbocycles. The molecule has 1 heterocycles. The summed E-state index contributed by atoms with van der Waals surface area (Å²) in [6.45, 7) is 7.56. The third-order valence-corrected chi connectivity index (χ3v) is 4.11. The van der Waals surface area contributed by atoms with E-state index in [4.69, 9.17) is 4.98 Å². The highest BCUT2D eigenvalue weighted by molar-refractivity contribution is 7.98. The van der Waals surface area contributed by atoms with Crippen molar-refractivity contribution >= 4 is 23.1 Å². The Balaban J connectivity index is 2.67. The maximum absolute atomic E-state index is 4.73. The van der Waals surface area contributed by atoms with Gasteiger partial charge in [-0.05, 0) is 30.9 Å². The van der Waals surface area contributed by atoms with Gasteiger partial charge in [-0.15, -0.1) is 11.3 Å². The van der Waals surface area contributed by atoms with Crippen LogP contribution in [-0.4, -0.2) is 23.5 Å². The summed E-state index contributed by atoms with van der Waals surface area (Å²) in [6, 6.07) is 0.440. The van der Waals surface area contributed by atoms with Gasteiger partial charge in [-0.25, -0.2) is 4.98 Å². The summed E-state index contributed by atoms with van der Waals surface area (Å²) in [5.41, 5.74) is 1.23. The average Bonchev–Trinajstić information content (AvgIpc) is 2.73. The van der Waals surface area contributed by atoms with Crippen molar-refractivity contribution in [3.63, 3.8) is 0 Å². The van der Waals surface area contributed by atoms with Crippen LogP contribution < -0.4 is 5.32 Å². The number of thioether (sulfide) groups is 1. The zero-order chi connectivity index (χ0) is 12.0. The number of aromatic nitrogens is 1. The number of hydrogen-bond acceptors (Lipinski definition) is 4. The van der Waals surface area contributed by atoms with E-state index in [1.807, 2.05) is 11.8 Å². The molecule has 92 valence electrons. The summed E-state index contributed by atoms with van der Waals surface area (Å²) in [4.78, 5) is 4.73. The smallest absolute Gasteiger partial charge is 0.110 e. The minimum atomic E-state index is 0.440. The van der Waals surface area contributed by atoms with Crippen LogP contribution in [0.1, 0.15) is 49.9 Å². The lowest BCUT2D eigenvalue weighted by Crippen LogP contribution is -2.21. The first-order valence-electron chi connectivity index (χ1n) is 5.86. The largest absolute Gasteiger partial charge is 0.308 e. The van der Waals surface area contributed by atoms with Gasteiger partial charge in [0.15, 0.2) is 0 Å². The molecule has 1 atom stereocenters. The number of hydrogen-bond donors (Lipinski definition) is 1. The number of thiazole rings is 1. The lowest BCUT2D eigenvalue weighted by atomic mass is 10.1. The highest BCUT2D eigenvalue weighted by atomic mass is 32.2. The van der Waals surface area contributed by atoms with E-state index in [1.54, 1.807) is 11.3 Å². The summed E-state index contributed by atoms with van der Waals surface area (Å²) >= 11 is 3.69. The van der Waals surface area contributed by atoms with Crippen LogP contribution in [0, 0.1) is 0 Å². The van der Waals surface area contributed by atoms with Crippen molar-refractivity contribution in [3.05, 3.63) is 16.1 Å². The predicted octanol–water partition coefficient (Wildman–Crippen LogP) is 3.67. The lowest BCUT2D eigenvalue weighted by Gasteiger charge is -2.14. The van der Waals surface area contributed by atoms with Gasteiger partial charge >= 0.3 is 0 Å². The molecule has 0 aromatic carbocycles. The van der Waals surface area contributed by atoms with Gasteiger partial charge in [-0.1, -0.05) is 20.8 Å². The standard InChI is InChI=1S/C12H22N2S2/c1-5-13-10(6-7-15-4)12-14-11(8-16-12)9(2)3/h8-10,13H,5-7H2,1-4H3. The highest BCUT2D eigenvalue weighted by Gasteiger charge is 2.15. The fourth-order valence-corrected chi connectivity index (χ4v) is 3.08. The molecule has 0 saturated heterocycles. The fraction of sp³-hybridized carbons (Fsp3) is 0.750. The van der Waals surface area contributed by atoms with E-state index < -0.39 is 0 Å². The van der Waals surface area contributed by atoms with Gasteiger partial charge in [-0.2, -0.15) is 11.8 Å². The minimum absolute atomic E-state index is 0.440. The second-order valence-electron chi connectivity index (χ2n) is 4.16. The van der Waals surface area contributed by atoms with Crippen molar-refractivity contribution in [1.29, 1.82) is 0 Å². The quantitative estimate of drug-likeness (QED) is 0.808. The van der Waals surface area contributed by atoms with E-state index >= 15 is 0 Å². The van der Waals surface area contributed by atoms with Crippen molar-refractivity contribution in [1.82, 2.24) is 10.3 Å². The molecule has 2 nitrogen and oxygen atoms in total. The summed E-state index contributed by atoms with van der Waals surface area (Å²) in [5, 5.41) is 6.97. The Morgan fingerprint density at radius 1 is 1.50 bits per heavy atom. The molecule has 1 aromatic rings. The van der Waals surface area contributed by atoms with E-state index in [-0.39, 0.29) is 0 Å². The Kier molecular flexibility index (Phi) is 6.39. The van der Waals surface area contributed by atoms with Crippen LogP contribution >= 0.6 is 23.1 Å². The highest BCUT2D eigenvalue weighted by Crippen LogP contribution is 2.25. The van der Waals surface area contributed by atoms with Crippen molar-refractivity contribution in [2.24, 2.45) is 0 Å². The lowest BCUT2D eigenvalue weighted by molar-refractivity contribution is 0.536. The van der Waals surface area contributed by atoms with Gasteiger partial charge in [0.1, 0.15) is 5.01 Å². The van der Waals surface area contributed by atoms with Gasteiger partial charge < -0.3 is 5.32 Å². The van der Waals surface area contributed by atoms with Gasteiger partial charge in [-0.3, -0.25) is 0 Å². The molecule has 1 aromatic heterocycles. The van der Waals surface area contributed by atoms with Crippen LogP contribution in [0.5, 0.6) is 0 Å². The van der Waals surface area contributed by atoms with Gasteiger partial charge in [0.2, 0.25) is 0 Å². The molecule has 1 rings (SSSR count). The maximum Gasteiger partial charge on any atom is 0.110 e. The van der Waals surface area contributed by atoms with Crippen LogP contribution in [0.2, 0.25) is 0 Å². The van der Waals surface area contributed by atoms with Crippen molar-refractivity contribution < 1.29 is 0 Å². The van der Waals surface area contributed by atoms with Crippen molar-refractivity contribution in [3.8, 4) is 0 Å². The monoisotopic (exact) mass is 258 g/mol. The summed E-state index contributed by atoms with van der Waals surface area (Å²) in [7, 11) is 0. The Hall–Kier alpha value is -0.0600. The maximum atomic E-state index is 4.73. The predicted molar refractivity (Wildman–Crippen MR) is 75.6 cm³/mol. The molecule has 0 aliphatic heterocycles. The van der Waals surface area contributed by atoms with Crippen LogP contribution in [0.25, 0.3) is 0 Å². The molecule has 0 aliphatic carbocycles. The van der Waals surface area contributed by atoms with E-state index in [2.05, 4.69) is 37.7 Å². The van der Waals surface area contributed by atoms with Crippen molar-refractivity contribution in [2.45, 2.75) is 39.2 Å². The third kappa shape index (κ3) is 4.07. The molecule has 0 amide bonds. The van der Waals surface area contributed by atoms with Crippen LogP contribution in [0.4, 0.5) is 0 Å². The Morgan fingerprint density at radius 3 is 2.75 bits per heavy atom. The second-order valence-corrected chi connectivity index (χ2v) is 6.03. The molecule has 1 unspecified atom stereocenters. The SMILES string of the molecule is CCNC(CCSC)c1nc(C(C)C)cs1. The number of rotatable bonds is 7. The van der Waals surface area contributed by atoms with Gasteiger partial charge in [0, 0.05) is 5.38 Å². The zero-order valence-corrected chi connectivity index (χ0v) is 12.3. The second kappa shape index (κ2) is 7.30. The Morgan fingerprint density at radius 2 is 2.25 bits per heavy atom. The van der Waals surface area contributed by atoms with E-state index in [1.165, 1.54) is 22.9 Å². The summed E-state index contributed by atoms with van der Waals surface area (Å²) < 4.78 is 0. The molecule has 0 aliphatic rings. The van der Waals surface area contributed by atoms with Gasteiger partial charge in [0.05, 0.1) is 11.7 Å². The molecule has 1 N–H and O–H groups in total. The molecule has 4 heteroatoms. The molecular formula is C12H22N2S2. The van der Waals surface area contributed by atoms with Gasteiger partial charge in [0.25, 0.3) is 0 Å².